The fraction of sp³-hybridized carbons (Fsp3) is 0.571. The molecule has 0 bridgehead atoms. The van der Waals surface area contributed by atoms with E-state index in [1.807, 2.05) is 6.07 Å². The minimum atomic E-state index is 0.183. The van der Waals surface area contributed by atoms with Gasteiger partial charge in [0.05, 0.1) is 6.61 Å². The predicted molar refractivity (Wildman–Crippen MR) is 67.2 cm³/mol. The fourth-order valence-electron chi connectivity index (χ4n) is 1.85. The third-order valence-corrected chi connectivity index (χ3v) is 2.96. The van der Waals surface area contributed by atoms with Gasteiger partial charge in [0, 0.05) is 13.0 Å². The first-order valence-corrected chi connectivity index (χ1v) is 5.91. The normalized spacial score (nSPS) is 10.9. The number of hydrogen-bond acceptors (Lipinski definition) is 2. The first-order valence-electron chi connectivity index (χ1n) is 5.91. The molecule has 0 aromatic heterocycles. The highest BCUT2D eigenvalue weighted by Gasteiger charge is 2.09. The van der Waals surface area contributed by atoms with Crippen LogP contribution >= 0.6 is 0 Å². The summed E-state index contributed by atoms with van der Waals surface area (Å²) in [5, 5.41) is 8.71. The van der Waals surface area contributed by atoms with Crippen LogP contribution in [0.15, 0.2) is 12.1 Å². The van der Waals surface area contributed by atoms with E-state index in [2.05, 4.69) is 33.8 Å². The summed E-state index contributed by atoms with van der Waals surface area (Å²) in [6, 6.07) is 4.18. The first kappa shape index (κ1) is 13.0. The average molecular weight is 222 g/mol. The van der Waals surface area contributed by atoms with Crippen molar-refractivity contribution < 1.29 is 9.84 Å². The van der Waals surface area contributed by atoms with Gasteiger partial charge in [-0.1, -0.05) is 19.9 Å². The van der Waals surface area contributed by atoms with Crippen LogP contribution in [0.1, 0.15) is 42.9 Å². The van der Waals surface area contributed by atoms with Gasteiger partial charge in [0.2, 0.25) is 0 Å². The topological polar surface area (TPSA) is 29.5 Å². The number of ether oxygens (including phenoxy) is 1. The van der Waals surface area contributed by atoms with Crippen molar-refractivity contribution in [3.63, 3.8) is 0 Å². The molecule has 0 spiro atoms. The zero-order valence-electron chi connectivity index (χ0n) is 10.7. The van der Waals surface area contributed by atoms with E-state index in [1.165, 1.54) is 16.7 Å². The SMILES string of the molecule is Cc1c(OCCCO)ccc(C(C)C)c1C. The van der Waals surface area contributed by atoms with Crippen molar-refractivity contribution >= 4 is 0 Å². The molecule has 0 radical (unpaired) electrons. The lowest BCUT2D eigenvalue weighted by Crippen LogP contribution is -2.03. The van der Waals surface area contributed by atoms with Crippen molar-refractivity contribution in [2.24, 2.45) is 0 Å². The Balaban J connectivity index is 2.85. The monoisotopic (exact) mass is 222 g/mol. The van der Waals surface area contributed by atoms with Crippen LogP contribution in [-0.2, 0) is 0 Å². The maximum Gasteiger partial charge on any atom is 0.122 e. The Morgan fingerprint density at radius 2 is 1.88 bits per heavy atom. The van der Waals surface area contributed by atoms with E-state index in [-0.39, 0.29) is 6.61 Å². The molecule has 0 saturated heterocycles. The van der Waals surface area contributed by atoms with Crippen molar-refractivity contribution in [1.29, 1.82) is 0 Å². The van der Waals surface area contributed by atoms with Gasteiger partial charge in [-0.25, -0.2) is 0 Å². The lowest BCUT2D eigenvalue weighted by atomic mass is 9.94. The summed E-state index contributed by atoms with van der Waals surface area (Å²) in [6.45, 7) is 9.40. The highest BCUT2D eigenvalue weighted by atomic mass is 16.5. The van der Waals surface area contributed by atoms with Crippen LogP contribution in [-0.4, -0.2) is 18.3 Å². The average Bonchev–Trinajstić information content (AvgIpc) is 2.24. The van der Waals surface area contributed by atoms with Crippen molar-refractivity contribution in [2.75, 3.05) is 13.2 Å². The van der Waals surface area contributed by atoms with Gasteiger partial charge in [-0.05, 0) is 42.5 Å². The second-order valence-electron chi connectivity index (χ2n) is 4.48. The Kier molecular flexibility index (Phi) is 4.81. The molecular weight excluding hydrogens is 200 g/mol. The molecule has 90 valence electrons. The smallest absolute Gasteiger partial charge is 0.122 e. The highest BCUT2D eigenvalue weighted by Crippen LogP contribution is 2.28. The molecular formula is C14H22O2. The molecule has 0 aliphatic rings. The maximum absolute atomic E-state index is 8.71. The van der Waals surface area contributed by atoms with Gasteiger partial charge in [0.1, 0.15) is 5.75 Å². The van der Waals surface area contributed by atoms with Crippen molar-refractivity contribution in [1.82, 2.24) is 0 Å². The summed E-state index contributed by atoms with van der Waals surface area (Å²) >= 11 is 0. The summed E-state index contributed by atoms with van der Waals surface area (Å²) in [6.07, 6.45) is 0.685. The number of aliphatic hydroxyl groups excluding tert-OH is 1. The first-order chi connectivity index (χ1) is 7.57. The predicted octanol–water partition coefficient (Wildman–Crippen LogP) is 3.19. The zero-order chi connectivity index (χ0) is 12.1. The van der Waals surface area contributed by atoms with Crippen LogP contribution in [0, 0.1) is 13.8 Å². The van der Waals surface area contributed by atoms with E-state index in [1.54, 1.807) is 0 Å². The number of rotatable bonds is 5. The maximum atomic E-state index is 8.71. The fourth-order valence-corrected chi connectivity index (χ4v) is 1.85. The van der Waals surface area contributed by atoms with Crippen molar-refractivity contribution in [3.05, 3.63) is 28.8 Å². The van der Waals surface area contributed by atoms with Crippen LogP contribution in [0.4, 0.5) is 0 Å². The Morgan fingerprint density at radius 3 is 2.44 bits per heavy atom. The lowest BCUT2D eigenvalue weighted by Gasteiger charge is -2.16. The molecule has 2 nitrogen and oxygen atoms in total. The standard InChI is InChI=1S/C14H22O2/c1-10(2)13-6-7-14(12(4)11(13)3)16-9-5-8-15/h6-7,10,15H,5,8-9H2,1-4H3. The largest absolute Gasteiger partial charge is 0.493 e. The summed E-state index contributed by atoms with van der Waals surface area (Å²) < 4.78 is 5.63. The molecule has 0 amide bonds. The molecule has 0 fully saturated rings. The highest BCUT2D eigenvalue weighted by molar-refractivity contribution is 5.44. The molecule has 2 heteroatoms. The second kappa shape index (κ2) is 5.90. The zero-order valence-corrected chi connectivity index (χ0v) is 10.7. The molecule has 0 aliphatic carbocycles. The Hall–Kier alpha value is -1.02. The van der Waals surface area contributed by atoms with Gasteiger partial charge in [-0.15, -0.1) is 0 Å². The Bertz CT molecular complexity index is 343. The Morgan fingerprint density at radius 1 is 1.19 bits per heavy atom. The van der Waals surface area contributed by atoms with Gasteiger partial charge in [-0.3, -0.25) is 0 Å². The third-order valence-electron chi connectivity index (χ3n) is 2.96. The minimum absolute atomic E-state index is 0.183. The van der Waals surface area contributed by atoms with E-state index >= 15 is 0 Å². The van der Waals surface area contributed by atoms with Crippen LogP contribution in [0.5, 0.6) is 5.75 Å². The van der Waals surface area contributed by atoms with Gasteiger partial charge in [0.15, 0.2) is 0 Å². The molecule has 16 heavy (non-hydrogen) atoms. The number of hydrogen-bond donors (Lipinski definition) is 1. The summed E-state index contributed by atoms with van der Waals surface area (Å²) in [4.78, 5) is 0. The van der Waals surface area contributed by atoms with Gasteiger partial charge in [-0.2, -0.15) is 0 Å². The second-order valence-corrected chi connectivity index (χ2v) is 4.48. The summed E-state index contributed by atoms with van der Waals surface area (Å²) in [5.74, 6) is 1.49. The van der Waals surface area contributed by atoms with E-state index in [0.717, 1.165) is 5.75 Å². The molecule has 0 heterocycles. The van der Waals surface area contributed by atoms with Gasteiger partial charge in [0.25, 0.3) is 0 Å². The molecule has 1 N–H and O–H groups in total. The molecule has 1 aromatic rings. The van der Waals surface area contributed by atoms with Crippen LogP contribution in [0.2, 0.25) is 0 Å². The van der Waals surface area contributed by atoms with Crippen molar-refractivity contribution in [2.45, 2.75) is 40.0 Å². The molecule has 1 rings (SSSR count). The molecule has 0 unspecified atom stereocenters. The van der Waals surface area contributed by atoms with Crippen LogP contribution in [0.3, 0.4) is 0 Å². The molecule has 0 atom stereocenters. The summed E-state index contributed by atoms with van der Waals surface area (Å²) in [5.41, 5.74) is 3.91. The summed E-state index contributed by atoms with van der Waals surface area (Å²) in [7, 11) is 0. The number of benzene rings is 1. The molecule has 0 saturated carbocycles. The van der Waals surface area contributed by atoms with Crippen molar-refractivity contribution in [3.8, 4) is 5.75 Å². The molecule has 1 aromatic carbocycles. The van der Waals surface area contributed by atoms with E-state index < -0.39 is 0 Å². The van der Waals surface area contributed by atoms with Crippen LogP contribution < -0.4 is 4.74 Å². The lowest BCUT2D eigenvalue weighted by molar-refractivity contribution is 0.233. The van der Waals surface area contributed by atoms with E-state index in [4.69, 9.17) is 9.84 Å². The quantitative estimate of drug-likeness (QED) is 0.775. The van der Waals surface area contributed by atoms with E-state index in [9.17, 15) is 0 Å². The third kappa shape index (κ3) is 2.99. The van der Waals surface area contributed by atoms with Gasteiger partial charge < -0.3 is 9.84 Å². The number of aliphatic hydroxyl groups is 1. The minimum Gasteiger partial charge on any atom is -0.493 e. The van der Waals surface area contributed by atoms with Crippen LogP contribution in [0.25, 0.3) is 0 Å². The van der Waals surface area contributed by atoms with Gasteiger partial charge >= 0.3 is 0 Å². The Labute approximate surface area is 98.3 Å². The molecule has 0 aliphatic heterocycles. The van der Waals surface area contributed by atoms with E-state index in [0.29, 0.717) is 18.9 Å².